The van der Waals surface area contributed by atoms with Crippen LogP contribution in [-0.4, -0.2) is 19.4 Å². The number of hydrogen-bond donors (Lipinski definition) is 1. The van der Waals surface area contributed by atoms with Crippen LogP contribution in [0.1, 0.15) is 45.1 Å². The monoisotopic (exact) mass is 301 g/mol. The summed E-state index contributed by atoms with van der Waals surface area (Å²) >= 11 is 0. The summed E-state index contributed by atoms with van der Waals surface area (Å²) in [7, 11) is -1.62. The van der Waals surface area contributed by atoms with E-state index in [4.69, 9.17) is 4.43 Å². The van der Waals surface area contributed by atoms with Gasteiger partial charge < -0.3 is 9.41 Å². The molecule has 1 aliphatic carbocycles. The molecule has 114 valence electrons. The van der Waals surface area contributed by atoms with E-state index in [1.165, 1.54) is 29.3 Å². The van der Waals surface area contributed by atoms with Gasteiger partial charge in [0.25, 0.3) is 0 Å². The lowest BCUT2D eigenvalue weighted by atomic mass is 9.77. The first kappa shape index (κ1) is 14.9. The van der Waals surface area contributed by atoms with Gasteiger partial charge in [-0.05, 0) is 53.9 Å². The number of H-pyrrole nitrogens is 1. The molecule has 3 rings (SSSR count). The van der Waals surface area contributed by atoms with Crippen molar-refractivity contribution in [1.82, 2.24) is 4.98 Å². The van der Waals surface area contributed by atoms with Gasteiger partial charge in [-0.1, -0.05) is 39.0 Å². The molecule has 1 aromatic carbocycles. The quantitative estimate of drug-likeness (QED) is 0.751. The van der Waals surface area contributed by atoms with E-state index in [1.807, 2.05) is 6.20 Å². The molecule has 0 unspecified atom stereocenters. The summed E-state index contributed by atoms with van der Waals surface area (Å²) in [6, 6.07) is 8.78. The highest BCUT2D eigenvalue weighted by atomic mass is 28.4. The fourth-order valence-electron chi connectivity index (χ4n) is 2.96. The zero-order valence-electron chi connectivity index (χ0n) is 13.9. The molecule has 1 heterocycles. The van der Waals surface area contributed by atoms with Crippen LogP contribution in [0, 0.1) is 0 Å². The summed E-state index contributed by atoms with van der Waals surface area (Å²) in [6.07, 6.45) is 4.84. The molecule has 2 nitrogen and oxygen atoms in total. The highest BCUT2D eigenvalue weighted by Gasteiger charge is 2.42. The summed E-state index contributed by atoms with van der Waals surface area (Å²) in [5.41, 5.74) is 2.78. The molecule has 0 atom stereocenters. The van der Waals surface area contributed by atoms with E-state index in [9.17, 15) is 0 Å². The molecule has 0 saturated heterocycles. The van der Waals surface area contributed by atoms with Gasteiger partial charge in [0.2, 0.25) is 0 Å². The average molecular weight is 302 g/mol. The number of benzene rings is 1. The van der Waals surface area contributed by atoms with Crippen LogP contribution in [0.2, 0.25) is 18.1 Å². The van der Waals surface area contributed by atoms with Gasteiger partial charge in [0.15, 0.2) is 8.32 Å². The standard InChI is InChI=1S/C18H27NOSi/c1-18(2,3)21(4,5)20-15-11-14(12-15)16-8-6-7-13-9-10-19-17(13)16/h6-10,14-15,19H,11-12H2,1-5H3. The van der Waals surface area contributed by atoms with Crippen molar-refractivity contribution < 1.29 is 4.43 Å². The number of nitrogens with one attached hydrogen (secondary N) is 1. The largest absolute Gasteiger partial charge is 0.414 e. The summed E-state index contributed by atoms with van der Waals surface area (Å²) < 4.78 is 6.51. The summed E-state index contributed by atoms with van der Waals surface area (Å²) in [5, 5.41) is 1.62. The number of rotatable bonds is 3. The molecule has 0 aliphatic heterocycles. The molecule has 1 aromatic heterocycles. The van der Waals surface area contributed by atoms with Crippen molar-refractivity contribution in [2.24, 2.45) is 0 Å². The Morgan fingerprint density at radius 3 is 2.52 bits per heavy atom. The Hall–Kier alpha value is -1.06. The van der Waals surface area contributed by atoms with E-state index < -0.39 is 8.32 Å². The maximum atomic E-state index is 6.51. The predicted molar refractivity (Wildman–Crippen MR) is 92.3 cm³/mol. The van der Waals surface area contributed by atoms with Gasteiger partial charge in [0.05, 0.1) is 0 Å². The van der Waals surface area contributed by atoms with Crippen LogP contribution in [0.5, 0.6) is 0 Å². The average Bonchev–Trinajstić information content (AvgIpc) is 2.80. The van der Waals surface area contributed by atoms with E-state index in [-0.39, 0.29) is 0 Å². The van der Waals surface area contributed by atoms with Crippen molar-refractivity contribution >= 4 is 19.2 Å². The van der Waals surface area contributed by atoms with Crippen molar-refractivity contribution in [3.05, 3.63) is 36.0 Å². The Balaban J connectivity index is 1.68. The van der Waals surface area contributed by atoms with Crippen LogP contribution in [0.15, 0.2) is 30.5 Å². The third-order valence-electron chi connectivity index (χ3n) is 5.42. The minimum atomic E-state index is -1.62. The third kappa shape index (κ3) is 2.69. The number of fused-ring (bicyclic) bond motifs is 1. The minimum absolute atomic E-state index is 0.303. The van der Waals surface area contributed by atoms with Gasteiger partial charge in [-0.15, -0.1) is 0 Å². The maximum Gasteiger partial charge on any atom is 0.192 e. The second-order valence-electron chi connectivity index (χ2n) is 7.96. The van der Waals surface area contributed by atoms with Crippen LogP contribution in [0.4, 0.5) is 0 Å². The molecule has 0 radical (unpaired) electrons. The number of aromatic amines is 1. The van der Waals surface area contributed by atoms with E-state index >= 15 is 0 Å². The van der Waals surface area contributed by atoms with Crippen LogP contribution in [0.3, 0.4) is 0 Å². The Morgan fingerprint density at radius 2 is 1.86 bits per heavy atom. The molecule has 0 amide bonds. The van der Waals surface area contributed by atoms with Crippen LogP contribution in [0.25, 0.3) is 10.9 Å². The van der Waals surface area contributed by atoms with Crippen LogP contribution in [-0.2, 0) is 4.43 Å². The molecule has 0 bridgehead atoms. The van der Waals surface area contributed by atoms with Crippen LogP contribution >= 0.6 is 0 Å². The first-order chi connectivity index (χ1) is 9.78. The van der Waals surface area contributed by atoms with E-state index in [0.717, 1.165) is 0 Å². The normalized spacial score (nSPS) is 23.3. The third-order valence-corrected chi connectivity index (χ3v) is 9.96. The molecular formula is C18H27NOSi. The first-order valence-corrected chi connectivity index (χ1v) is 10.9. The lowest BCUT2D eigenvalue weighted by molar-refractivity contribution is 0.0845. The zero-order valence-corrected chi connectivity index (χ0v) is 14.9. The lowest BCUT2D eigenvalue weighted by Crippen LogP contribution is -2.47. The second kappa shape index (κ2) is 4.99. The fraction of sp³-hybridized carbons (Fsp3) is 0.556. The van der Waals surface area contributed by atoms with E-state index in [0.29, 0.717) is 17.1 Å². The van der Waals surface area contributed by atoms with Crippen molar-refractivity contribution in [1.29, 1.82) is 0 Å². The van der Waals surface area contributed by atoms with Gasteiger partial charge in [-0.2, -0.15) is 0 Å². The second-order valence-corrected chi connectivity index (χ2v) is 12.7. The molecule has 21 heavy (non-hydrogen) atoms. The Bertz CT molecular complexity index is 632. The van der Waals surface area contributed by atoms with Gasteiger partial charge in [-0.3, -0.25) is 0 Å². The lowest BCUT2D eigenvalue weighted by Gasteiger charge is -2.45. The topological polar surface area (TPSA) is 25.0 Å². The van der Waals surface area contributed by atoms with Crippen molar-refractivity contribution in [3.8, 4) is 0 Å². The molecule has 2 aromatic rings. The molecule has 3 heteroatoms. The van der Waals surface area contributed by atoms with E-state index in [2.05, 4.69) is 63.1 Å². The van der Waals surface area contributed by atoms with Gasteiger partial charge in [-0.25, -0.2) is 0 Å². The minimum Gasteiger partial charge on any atom is -0.414 e. The first-order valence-electron chi connectivity index (χ1n) is 8.02. The van der Waals surface area contributed by atoms with Gasteiger partial charge in [0, 0.05) is 17.8 Å². The van der Waals surface area contributed by atoms with Crippen molar-refractivity contribution in [2.75, 3.05) is 0 Å². The summed E-state index contributed by atoms with van der Waals surface area (Å²) in [5.74, 6) is 0.655. The zero-order chi connectivity index (χ0) is 15.3. The van der Waals surface area contributed by atoms with Crippen molar-refractivity contribution in [3.63, 3.8) is 0 Å². The highest BCUT2D eigenvalue weighted by molar-refractivity contribution is 6.74. The molecule has 1 aliphatic rings. The maximum absolute atomic E-state index is 6.51. The summed E-state index contributed by atoms with van der Waals surface area (Å²) in [4.78, 5) is 3.39. The highest BCUT2D eigenvalue weighted by Crippen LogP contribution is 2.45. The molecule has 1 saturated carbocycles. The smallest absolute Gasteiger partial charge is 0.192 e. The fourth-order valence-corrected chi connectivity index (χ4v) is 4.34. The molecule has 0 spiro atoms. The Labute approximate surface area is 129 Å². The number of aromatic nitrogens is 1. The van der Waals surface area contributed by atoms with E-state index in [1.54, 1.807) is 0 Å². The summed E-state index contributed by atoms with van der Waals surface area (Å²) in [6.45, 7) is 11.6. The Morgan fingerprint density at radius 1 is 1.14 bits per heavy atom. The molecular weight excluding hydrogens is 274 g/mol. The Kier molecular flexibility index (Phi) is 3.53. The number of para-hydroxylation sites is 1. The van der Waals surface area contributed by atoms with Crippen molar-refractivity contribution in [2.45, 2.75) is 63.8 Å². The van der Waals surface area contributed by atoms with Gasteiger partial charge >= 0.3 is 0 Å². The SMILES string of the molecule is CC(C)(C)[Si](C)(C)OC1CC(c2cccc3cc[nH]c23)C1. The molecule has 1 fully saturated rings. The number of hydrogen-bond acceptors (Lipinski definition) is 1. The predicted octanol–water partition coefficient (Wildman–Crippen LogP) is 5.44. The molecule has 1 N–H and O–H groups in total. The van der Waals surface area contributed by atoms with Crippen LogP contribution < -0.4 is 0 Å². The van der Waals surface area contributed by atoms with Gasteiger partial charge in [0.1, 0.15) is 0 Å².